The van der Waals surface area contributed by atoms with Gasteiger partial charge in [-0.2, -0.15) is 13.2 Å². The Morgan fingerprint density at radius 3 is 2.36 bits per heavy atom. The zero-order chi connectivity index (χ0) is 18.3. The van der Waals surface area contributed by atoms with E-state index in [-0.39, 0.29) is 5.41 Å². The second kappa shape index (κ2) is 8.56. The van der Waals surface area contributed by atoms with E-state index >= 15 is 0 Å². The van der Waals surface area contributed by atoms with Gasteiger partial charge in [-0.25, -0.2) is 0 Å². The van der Waals surface area contributed by atoms with E-state index < -0.39 is 11.7 Å². The van der Waals surface area contributed by atoms with E-state index in [0.717, 1.165) is 37.3 Å². The summed E-state index contributed by atoms with van der Waals surface area (Å²) in [5, 5.41) is 6.48. The van der Waals surface area contributed by atoms with Crippen LogP contribution in [0.4, 0.5) is 13.2 Å². The maximum Gasteiger partial charge on any atom is 0.416 e. The van der Waals surface area contributed by atoms with Crippen molar-refractivity contribution in [1.82, 2.24) is 10.6 Å². The topological polar surface area (TPSA) is 45.7 Å². The fourth-order valence-electron chi connectivity index (χ4n) is 3.00. The Kier molecular flexibility index (Phi) is 6.70. The predicted octanol–water partition coefficient (Wildman–Crippen LogP) is 3.58. The van der Waals surface area contributed by atoms with Crippen LogP contribution >= 0.6 is 0 Å². The highest BCUT2D eigenvalue weighted by molar-refractivity contribution is 5.79. The average Bonchev–Trinajstić information content (AvgIpc) is 2.55. The number of nitrogens with zero attached hydrogens (tertiary/aromatic N) is 1. The Bertz CT molecular complexity index is 566. The van der Waals surface area contributed by atoms with Gasteiger partial charge in [0.2, 0.25) is 0 Å². The molecule has 25 heavy (non-hydrogen) atoms. The molecular weight excluding hydrogens is 331 g/mol. The summed E-state index contributed by atoms with van der Waals surface area (Å²) in [4.78, 5) is 4.18. The first-order chi connectivity index (χ1) is 11.9. The van der Waals surface area contributed by atoms with Gasteiger partial charge in [0.25, 0.3) is 0 Å². The van der Waals surface area contributed by atoms with Crippen molar-refractivity contribution in [3.05, 3.63) is 35.4 Å². The molecule has 1 saturated carbocycles. The molecule has 0 saturated heterocycles. The van der Waals surface area contributed by atoms with Crippen LogP contribution in [0.3, 0.4) is 0 Å². The normalized spacial score (nSPS) is 17.1. The van der Waals surface area contributed by atoms with Gasteiger partial charge in [-0.1, -0.05) is 18.6 Å². The third-order valence-electron chi connectivity index (χ3n) is 4.85. The highest BCUT2D eigenvalue weighted by atomic mass is 19.4. The standard InChI is InChI=1S/C18H26F3N3O/c1-22-16(24-13-17(8-3-9-17)10-11-25-2)23-12-14-4-6-15(7-5-14)18(19,20)21/h4-7H,3,8-13H2,1-2H3,(H2,22,23,24). The molecule has 2 rings (SSSR count). The number of alkyl halides is 3. The summed E-state index contributed by atoms with van der Waals surface area (Å²) in [6, 6.07) is 5.16. The van der Waals surface area contributed by atoms with Crippen LogP contribution in [0.1, 0.15) is 36.8 Å². The van der Waals surface area contributed by atoms with Gasteiger partial charge in [-0.05, 0) is 42.4 Å². The van der Waals surface area contributed by atoms with Crippen LogP contribution < -0.4 is 10.6 Å². The van der Waals surface area contributed by atoms with Crippen LogP contribution in [0, 0.1) is 5.41 Å². The monoisotopic (exact) mass is 357 g/mol. The van der Waals surface area contributed by atoms with Crippen LogP contribution in [0.2, 0.25) is 0 Å². The molecule has 140 valence electrons. The molecule has 0 radical (unpaired) electrons. The molecule has 0 atom stereocenters. The molecule has 1 aliphatic carbocycles. The van der Waals surface area contributed by atoms with E-state index in [1.54, 1.807) is 14.2 Å². The minimum absolute atomic E-state index is 0.266. The number of nitrogens with one attached hydrogen (secondary N) is 2. The van der Waals surface area contributed by atoms with Crippen molar-refractivity contribution in [3.8, 4) is 0 Å². The van der Waals surface area contributed by atoms with Gasteiger partial charge < -0.3 is 15.4 Å². The molecule has 0 amide bonds. The quantitative estimate of drug-likeness (QED) is 0.579. The predicted molar refractivity (Wildman–Crippen MR) is 92.4 cm³/mol. The van der Waals surface area contributed by atoms with Crippen LogP contribution in [-0.2, 0) is 17.5 Å². The molecule has 0 spiro atoms. The van der Waals surface area contributed by atoms with Gasteiger partial charge in [-0.15, -0.1) is 0 Å². The number of ether oxygens (including phenoxy) is 1. The van der Waals surface area contributed by atoms with Gasteiger partial charge in [0.1, 0.15) is 0 Å². The van der Waals surface area contributed by atoms with Crippen molar-refractivity contribution in [1.29, 1.82) is 0 Å². The molecule has 1 aromatic rings. The van der Waals surface area contributed by atoms with Crippen molar-refractivity contribution < 1.29 is 17.9 Å². The first-order valence-corrected chi connectivity index (χ1v) is 8.48. The van der Waals surface area contributed by atoms with Crippen LogP contribution in [-0.4, -0.2) is 33.3 Å². The third-order valence-corrected chi connectivity index (χ3v) is 4.85. The molecule has 4 nitrogen and oxygen atoms in total. The fourth-order valence-corrected chi connectivity index (χ4v) is 3.00. The lowest BCUT2D eigenvalue weighted by atomic mass is 9.67. The zero-order valence-electron chi connectivity index (χ0n) is 14.7. The summed E-state index contributed by atoms with van der Waals surface area (Å²) < 4.78 is 42.9. The second-order valence-corrected chi connectivity index (χ2v) is 6.57. The number of hydrogen-bond donors (Lipinski definition) is 2. The maximum absolute atomic E-state index is 12.6. The average molecular weight is 357 g/mol. The first kappa shape index (κ1) is 19.6. The number of aliphatic imine (C=N–C) groups is 1. The van der Waals surface area contributed by atoms with E-state index in [1.807, 2.05) is 0 Å². The molecule has 0 aromatic heterocycles. The summed E-state index contributed by atoms with van der Waals surface area (Å²) in [6.45, 7) is 1.99. The Morgan fingerprint density at radius 1 is 1.20 bits per heavy atom. The van der Waals surface area contributed by atoms with Gasteiger partial charge in [-0.3, -0.25) is 4.99 Å². The summed E-state index contributed by atoms with van der Waals surface area (Å²) >= 11 is 0. The molecular formula is C18H26F3N3O. The molecule has 0 heterocycles. The highest BCUT2D eigenvalue weighted by Gasteiger charge is 2.36. The lowest BCUT2D eigenvalue weighted by molar-refractivity contribution is -0.137. The molecule has 1 aliphatic rings. The van der Waals surface area contributed by atoms with Crippen molar-refractivity contribution in [2.24, 2.45) is 10.4 Å². The Labute approximate surface area is 146 Å². The molecule has 1 fully saturated rings. The van der Waals surface area contributed by atoms with E-state index in [2.05, 4.69) is 15.6 Å². The number of guanidine groups is 1. The van der Waals surface area contributed by atoms with Crippen LogP contribution in [0.15, 0.2) is 29.3 Å². The maximum atomic E-state index is 12.6. The van der Waals surface area contributed by atoms with E-state index in [1.165, 1.54) is 31.4 Å². The summed E-state index contributed by atoms with van der Waals surface area (Å²) in [5.74, 6) is 0.656. The van der Waals surface area contributed by atoms with Crippen molar-refractivity contribution in [3.63, 3.8) is 0 Å². The molecule has 2 N–H and O–H groups in total. The van der Waals surface area contributed by atoms with Gasteiger partial charge >= 0.3 is 6.18 Å². The number of hydrogen-bond acceptors (Lipinski definition) is 2. The fraction of sp³-hybridized carbons (Fsp3) is 0.611. The zero-order valence-corrected chi connectivity index (χ0v) is 14.7. The van der Waals surface area contributed by atoms with E-state index in [0.29, 0.717) is 12.5 Å². The smallest absolute Gasteiger partial charge is 0.385 e. The SMILES string of the molecule is CN=C(NCc1ccc(C(F)(F)F)cc1)NCC1(CCOC)CCC1. The van der Waals surface area contributed by atoms with Gasteiger partial charge in [0.15, 0.2) is 5.96 Å². The summed E-state index contributed by atoms with van der Waals surface area (Å²) in [6.07, 6.45) is 0.316. The van der Waals surface area contributed by atoms with E-state index in [4.69, 9.17) is 4.74 Å². The van der Waals surface area contributed by atoms with Gasteiger partial charge in [0.05, 0.1) is 5.56 Å². The molecule has 0 unspecified atom stereocenters. The molecule has 0 bridgehead atoms. The van der Waals surface area contributed by atoms with Gasteiger partial charge in [0, 0.05) is 33.9 Å². The lowest BCUT2D eigenvalue weighted by Crippen LogP contribution is -2.46. The number of halogens is 3. The molecule has 1 aromatic carbocycles. The largest absolute Gasteiger partial charge is 0.416 e. The molecule has 7 heteroatoms. The van der Waals surface area contributed by atoms with Crippen molar-refractivity contribution in [2.75, 3.05) is 27.3 Å². The first-order valence-electron chi connectivity index (χ1n) is 8.48. The lowest BCUT2D eigenvalue weighted by Gasteiger charge is -2.42. The molecule has 0 aliphatic heterocycles. The summed E-state index contributed by atoms with van der Waals surface area (Å²) in [5.41, 5.74) is 0.402. The summed E-state index contributed by atoms with van der Waals surface area (Å²) in [7, 11) is 3.40. The minimum atomic E-state index is -4.30. The Hall–Kier alpha value is -1.76. The number of methoxy groups -OCH3 is 1. The Balaban J connectivity index is 1.82. The van der Waals surface area contributed by atoms with Crippen molar-refractivity contribution >= 4 is 5.96 Å². The van der Waals surface area contributed by atoms with Crippen LogP contribution in [0.25, 0.3) is 0 Å². The third kappa shape index (κ3) is 5.63. The highest BCUT2D eigenvalue weighted by Crippen LogP contribution is 2.43. The minimum Gasteiger partial charge on any atom is -0.385 e. The number of benzene rings is 1. The van der Waals surface area contributed by atoms with Crippen LogP contribution in [0.5, 0.6) is 0 Å². The number of rotatable bonds is 7. The van der Waals surface area contributed by atoms with E-state index in [9.17, 15) is 13.2 Å². The Morgan fingerprint density at radius 2 is 1.88 bits per heavy atom. The second-order valence-electron chi connectivity index (χ2n) is 6.57. The van der Waals surface area contributed by atoms with Crippen molar-refractivity contribution in [2.45, 2.75) is 38.4 Å².